The number of anilines is 1. The maximum atomic E-state index is 11.9. The molecule has 0 fully saturated rings. The van der Waals surface area contributed by atoms with Crippen molar-refractivity contribution in [2.45, 2.75) is 6.42 Å². The molecule has 1 aliphatic rings. The molecule has 1 aliphatic heterocycles. The second-order valence-electron chi connectivity index (χ2n) is 4.53. The van der Waals surface area contributed by atoms with Gasteiger partial charge in [0.1, 0.15) is 5.75 Å². The van der Waals surface area contributed by atoms with E-state index in [1.165, 1.54) is 5.01 Å². The summed E-state index contributed by atoms with van der Waals surface area (Å²) >= 11 is 0. The first-order valence-corrected chi connectivity index (χ1v) is 6.37. The molecule has 0 aliphatic carbocycles. The Morgan fingerprint density at radius 3 is 2.65 bits per heavy atom. The van der Waals surface area contributed by atoms with Gasteiger partial charge >= 0.3 is 0 Å². The minimum absolute atomic E-state index is 0.00374. The van der Waals surface area contributed by atoms with Gasteiger partial charge in [-0.1, -0.05) is 18.2 Å². The largest absolute Gasteiger partial charge is 0.497 e. The summed E-state index contributed by atoms with van der Waals surface area (Å²) in [5.41, 5.74) is 2.80. The summed E-state index contributed by atoms with van der Waals surface area (Å²) in [6, 6.07) is 15.2. The summed E-state index contributed by atoms with van der Waals surface area (Å²) in [6.45, 7) is 0. The van der Waals surface area contributed by atoms with Gasteiger partial charge in [0.05, 0.1) is 25.4 Å². The van der Waals surface area contributed by atoms with E-state index in [4.69, 9.17) is 4.74 Å². The standard InChI is InChI=1S/C16H14N2O2/c1-20-14-8-6-12(7-9-14)11-17-18-15-5-3-2-4-13(15)10-16(18)19/h2-9,11H,10H2,1H3/b17-11+. The molecule has 0 bridgehead atoms. The van der Waals surface area contributed by atoms with Gasteiger partial charge < -0.3 is 4.74 Å². The SMILES string of the molecule is COc1ccc(/C=N/N2C(=O)Cc3ccccc32)cc1. The van der Waals surface area contributed by atoms with Crippen LogP contribution >= 0.6 is 0 Å². The van der Waals surface area contributed by atoms with Crippen molar-refractivity contribution in [2.75, 3.05) is 12.1 Å². The van der Waals surface area contributed by atoms with Crippen LogP contribution in [-0.2, 0) is 11.2 Å². The van der Waals surface area contributed by atoms with E-state index < -0.39 is 0 Å². The van der Waals surface area contributed by atoms with Crippen LogP contribution in [-0.4, -0.2) is 19.2 Å². The highest BCUT2D eigenvalue weighted by Crippen LogP contribution is 2.28. The van der Waals surface area contributed by atoms with Gasteiger partial charge in [0.15, 0.2) is 0 Å². The Hall–Kier alpha value is -2.62. The van der Waals surface area contributed by atoms with Crippen LogP contribution < -0.4 is 9.75 Å². The van der Waals surface area contributed by atoms with E-state index in [0.29, 0.717) is 6.42 Å². The van der Waals surface area contributed by atoms with Crippen LogP contribution in [0.4, 0.5) is 5.69 Å². The number of benzene rings is 2. The Bertz CT molecular complexity index is 662. The molecule has 0 atom stereocenters. The van der Waals surface area contributed by atoms with Gasteiger partial charge in [-0.25, -0.2) is 5.01 Å². The highest BCUT2D eigenvalue weighted by molar-refractivity contribution is 6.02. The summed E-state index contributed by atoms with van der Waals surface area (Å²) < 4.78 is 5.10. The minimum atomic E-state index is -0.00374. The molecule has 4 heteroatoms. The number of amides is 1. The molecule has 0 radical (unpaired) electrons. The molecule has 3 rings (SSSR count). The van der Waals surface area contributed by atoms with Crippen LogP contribution in [0.25, 0.3) is 0 Å². The average Bonchev–Trinajstić information content (AvgIpc) is 2.81. The highest BCUT2D eigenvalue weighted by atomic mass is 16.5. The number of hydrazone groups is 1. The number of para-hydroxylation sites is 1. The molecule has 2 aromatic rings. The van der Waals surface area contributed by atoms with Crippen LogP contribution in [0.15, 0.2) is 53.6 Å². The van der Waals surface area contributed by atoms with E-state index in [1.54, 1.807) is 13.3 Å². The molecule has 0 spiro atoms. The fourth-order valence-electron chi connectivity index (χ4n) is 2.18. The zero-order valence-corrected chi connectivity index (χ0v) is 11.1. The maximum Gasteiger partial charge on any atom is 0.251 e. The van der Waals surface area contributed by atoms with Crippen LogP contribution in [0.1, 0.15) is 11.1 Å². The van der Waals surface area contributed by atoms with Crippen molar-refractivity contribution < 1.29 is 9.53 Å². The van der Waals surface area contributed by atoms with Gasteiger partial charge in [0.2, 0.25) is 0 Å². The van der Waals surface area contributed by atoms with E-state index in [0.717, 1.165) is 22.6 Å². The third-order valence-electron chi connectivity index (χ3n) is 3.24. The smallest absolute Gasteiger partial charge is 0.251 e. The summed E-state index contributed by atoms with van der Waals surface area (Å²) in [7, 11) is 1.63. The van der Waals surface area contributed by atoms with Crippen molar-refractivity contribution in [3.05, 3.63) is 59.7 Å². The van der Waals surface area contributed by atoms with Gasteiger partial charge in [-0.05, 0) is 41.5 Å². The number of rotatable bonds is 3. The van der Waals surface area contributed by atoms with Crippen LogP contribution in [0, 0.1) is 0 Å². The number of nitrogens with zero attached hydrogens (tertiary/aromatic N) is 2. The van der Waals surface area contributed by atoms with Crippen LogP contribution in [0.5, 0.6) is 5.75 Å². The molecule has 20 heavy (non-hydrogen) atoms. The topological polar surface area (TPSA) is 41.9 Å². The molecule has 1 heterocycles. The van der Waals surface area contributed by atoms with Gasteiger partial charge in [-0.2, -0.15) is 5.10 Å². The molecular formula is C16H14N2O2. The van der Waals surface area contributed by atoms with Crippen LogP contribution in [0.3, 0.4) is 0 Å². The molecular weight excluding hydrogens is 252 g/mol. The average molecular weight is 266 g/mol. The van der Waals surface area contributed by atoms with Crippen LogP contribution in [0.2, 0.25) is 0 Å². The lowest BCUT2D eigenvalue weighted by molar-refractivity contribution is -0.117. The van der Waals surface area contributed by atoms with E-state index >= 15 is 0 Å². The normalized spacial score (nSPS) is 13.8. The molecule has 0 saturated carbocycles. The van der Waals surface area contributed by atoms with Crippen molar-refractivity contribution in [2.24, 2.45) is 5.10 Å². The van der Waals surface area contributed by atoms with Crippen molar-refractivity contribution in [3.63, 3.8) is 0 Å². The predicted octanol–water partition coefficient (Wildman–Crippen LogP) is 2.62. The van der Waals surface area contributed by atoms with Crippen molar-refractivity contribution in [1.82, 2.24) is 0 Å². The Kier molecular flexibility index (Phi) is 3.21. The summed E-state index contributed by atoms with van der Waals surface area (Å²) in [6.07, 6.45) is 2.09. The highest BCUT2D eigenvalue weighted by Gasteiger charge is 2.26. The first kappa shape index (κ1) is 12.4. The predicted molar refractivity (Wildman–Crippen MR) is 78.2 cm³/mol. The molecule has 2 aromatic carbocycles. The minimum Gasteiger partial charge on any atom is -0.497 e. The lowest BCUT2D eigenvalue weighted by Gasteiger charge is -2.10. The molecule has 1 amide bonds. The number of hydrogen-bond acceptors (Lipinski definition) is 3. The van der Waals surface area contributed by atoms with Gasteiger partial charge in [0.25, 0.3) is 5.91 Å². The number of methoxy groups -OCH3 is 1. The second kappa shape index (κ2) is 5.17. The number of hydrogen-bond donors (Lipinski definition) is 0. The maximum absolute atomic E-state index is 11.9. The van der Waals surface area contributed by atoms with E-state index in [9.17, 15) is 4.79 Å². The monoisotopic (exact) mass is 266 g/mol. The van der Waals surface area contributed by atoms with Gasteiger partial charge in [-0.3, -0.25) is 4.79 Å². The first-order valence-electron chi connectivity index (χ1n) is 6.37. The summed E-state index contributed by atoms with van der Waals surface area (Å²) in [4.78, 5) is 11.9. The Balaban J connectivity index is 1.83. The fourth-order valence-corrected chi connectivity index (χ4v) is 2.18. The number of fused-ring (bicyclic) bond motifs is 1. The Labute approximate surface area is 117 Å². The fraction of sp³-hybridized carbons (Fsp3) is 0.125. The molecule has 0 aromatic heterocycles. The van der Waals surface area contributed by atoms with Crippen molar-refractivity contribution in [1.29, 1.82) is 0 Å². The second-order valence-corrected chi connectivity index (χ2v) is 4.53. The molecule has 0 N–H and O–H groups in total. The zero-order chi connectivity index (χ0) is 13.9. The lowest BCUT2D eigenvalue weighted by atomic mass is 10.2. The first-order chi connectivity index (χ1) is 9.78. The Morgan fingerprint density at radius 1 is 1.15 bits per heavy atom. The third kappa shape index (κ3) is 2.28. The quantitative estimate of drug-likeness (QED) is 0.801. The third-order valence-corrected chi connectivity index (χ3v) is 3.24. The zero-order valence-electron chi connectivity index (χ0n) is 11.1. The summed E-state index contributed by atoms with van der Waals surface area (Å²) in [5, 5.41) is 5.75. The van der Waals surface area contributed by atoms with Gasteiger partial charge in [-0.15, -0.1) is 0 Å². The number of carbonyl (C=O) groups excluding carboxylic acids is 1. The molecule has 4 nitrogen and oxygen atoms in total. The Morgan fingerprint density at radius 2 is 1.90 bits per heavy atom. The van der Waals surface area contributed by atoms with E-state index in [-0.39, 0.29) is 5.91 Å². The van der Waals surface area contributed by atoms with Crippen molar-refractivity contribution >= 4 is 17.8 Å². The van der Waals surface area contributed by atoms with Gasteiger partial charge in [0, 0.05) is 0 Å². The number of carbonyl (C=O) groups is 1. The van der Waals surface area contributed by atoms with E-state index in [1.807, 2.05) is 48.5 Å². The van der Waals surface area contributed by atoms with Crippen molar-refractivity contribution in [3.8, 4) is 5.75 Å². The number of ether oxygens (including phenoxy) is 1. The lowest BCUT2D eigenvalue weighted by Crippen LogP contribution is -2.20. The molecule has 0 saturated heterocycles. The van der Waals surface area contributed by atoms with E-state index in [2.05, 4.69) is 5.10 Å². The summed E-state index contributed by atoms with van der Waals surface area (Å²) in [5.74, 6) is 0.792. The molecule has 100 valence electrons. The molecule has 0 unspecified atom stereocenters.